The number of amides is 2. The van der Waals surface area contributed by atoms with Gasteiger partial charge in [0.15, 0.2) is 29.6 Å². The number of hydrogen-bond acceptors (Lipinski definition) is 9. The van der Waals surface area contributed by atoms with E-state index in [1.807, 2.05) is 6.92 Å². The molecular formula is C23H24IN3O8. The minimum absolute atomic E-state index is 0.106. The van der Waals surface area contributed by atoms with Crippen LogP contribution in [0.25, 0.3) is 0 Å². The molecule has 0 radical (unpaired) electrons. The van der Waals surface area contributed by atoms with E-state index in [1.54, 1.807) is 37.3 Å². The molecule has 0 fully saturated rings. The first-order valence-corrected chi connectivity index (χ1v) is 11.7. The van der Waals surface area contributed by atoms with E-state index in [0.29, 0.717) is 44.3 Å². The second kappa shape index (κ2) is 12.8. The molecule has 186 valence electrons. The smallest absolute Gasteiger partial charge is 0.344 e. The first-order valence-electron chi connectivity index (χ1n) is 10.7. The van der Waals surface area contributed by atoms with Gasteiger partial charge in [-0.05, 0) is 72.3 Å². The van der Waals surface area contributed by atoms with Crippen molar-refractivity contribution in [1.29, 1.82) is 0 Å². The van der Waals surface area contributed by atoms with Gasteiger partial charge < -0.3 is 29.0 Å². The van der Waals surface area contributed by atoms with Gasteiger partial charge in [-0.15, -0.1) is 0 Å². The summed E-state index contributed by atoms with van der Waals surface area (Å²) < 4.78 is 27.2. The standard InChI is InChI=1S/C23H24IN3O8/c1-3-31-19-8-14(7-16(24)22(19)33-12-21(29)32-4-2)10-26-27-20(28)11-25-23(30)15-5-6-17-18(9-15)35-13-34-17/h5-10H,3-4,11-13H2,1-2H3,(H,25,30)(H,27,28)/b26-10+. The number of benzene rings is 2. The number of halogens is 1. The summed E-state index contributed by atoms with van der Waals surface area (Å²) in [6, 6.07) is 8.18. The lowest BCUT2D eigenvalue weighted by atomic mass is 10.2. The summed E-state index contributed by atoms with van der Waals surface area (Å²) >= 11 is 2.05. The van der Waals surface area contributed by atoms with E-state index in [-0.39, 0.29) is 26.6 Å². The zero-order chi connectivity index (χ0) is 25.2. The molecule has 0 aromatic heterocycles. The van der Waals surface area contributed by atoms with Gasteiger partial charge in [-0.25, -0.2) is 10.2 Å². The number of fused-ring (bicyclic) bond motifs is 1. The molecule has 0 saturated carbocycles. The van der Waals surface area contributed by atoms with Crippen LogP contribution in [0.1, 0.15) is 29.8 Å². The van der Waals surface area contributed by atoms with Gasteiger partial charge in [-0.1, -0.05) is 0 Å². The van der Waals surface area contributed by atoms with Crippen LogP contribution in [0.4, 0.5) is 0 Å². The summed E-state index contributed by atoms with van der Waals surface area (Å²) in [5.74, 6) is 0.450. The van der Waals surface area contributed by atoms with Crippen molar-refractivity contribution in [3.8, 4) is 23.0 Å². The topological polar surface area (TPSA) is 134 Å². The van der Waals surface area contributed by atoms with Crippen LogP contribution in [-0.2, 0) is 14.3 Å². The highest BCUT2D eigenvalue weighted by Crippen LogP contribution is 2.34. The summed E-state index contributed by atoms with van der Waals surface area (Å²) in [6.07, 6.45) is 1.43. The molecule has 2 N–H and O–H groups in total. The molecule has 0 unspecified atom stereocenters. The first-order chi connectivity index (χ1) is 16.9. The third-order valence-electron chi connectivity index (χ3n) is 4.42. The summed E-state index contributed by atoms with van der Waals surface area (Å²) in [5, 5.41) is 6.44. The lowest BCUT2D eigenvalue weighted by molar-refractivity contribution is -0.145. The van der Waals surface area contributed by atoms with E-state index in [9.17, 15) is 14.4 Å². The predicted octanol–water partition coefficient (Wildman–Crippen LogP) is 2.24. The highest BCUT2D eigenvalue weighted by Gasteiger charge is 2.17. The van der Waals surface area contributed by atoms with Gasteiger partial charge in [-0.2, -0.15) is 5.10 Å². The minimum atomic E-state index is -0.510. The van der Waals surface area contributed by atoms with Gasteiger partial charge in [0.2, 0.25) is 6.79 Å². The molecule has 2 amide bonds. The van der Waals surface area contributed by atoms with E-state index in [4.69, 9.17) is 23.7 Å². The quantitative estimate of drug-likeness (QED) is 0.175. The van der Waals surface area contributed by atoms with Gasteiger partial charge in [0.05, 0.1) is 29.5 Å². The fraction of sp³-hybridized carbons (Fsp3) is 0.304. The molecule has 2 aromatic carbocycles. The molecular weight excluding hydrogens is 573 g/mol. The molecule has 12 heteroatoms. The van der Waals surface area contributed by atoms with Crippen LogP contribution in [0.5, 0.6) is 23.0 Å². The average molecular weight is 597 g/mol. The predicted molar refractivity (Wildman–Crippen MR) is 133 cm³/mol. The maximum absolute atomic E-state index is 12.3. The largest absolute Gasteiger partial charge is 0.490 e. The minimum Gasteiger partial charge on any atom is -0.490 e. The van der Waals surface area contributed by atoms with Crippen molar-refractivity contribution in [2.75, 3.05) is 33.2 Å². The molecule has 35 heavy (non-hydrogen) atoms. The number of hydrazone groups is 1. The average Bonchev–Trinajstić information content (AvgIpc) is 3.30. The molecule has 0 saturated heterocycles. The third kappa shape index (κ3) is 7.47. The van der Waals surface area contributed by atoms with Gasteiger partial charge in [-0.3, -0.25) is 9.59 Å². The third-order valence-corrected chi connectivity index (χ3v) is 5.22. The maximum Gasteiger partial charge on any atom is 0.344 e. The van der Waals surface area contributed by atoms with E-state index in [0.717, 1.165) is 0 Å². The van der Waals surface area contributed by atoms with Crippen molar-refractivity contribution < 1.29 is 38.1 Å². The molecule has 11 nitrogen and oxygen atoms in total. The van der Waals surface area contributed by atoms with Crippen molar-refractivity contribution in [3.63, 3.8) is 0 Å². The van der Waals surface area contributed by atoms with Gasteiger partial charge in [0, 0.05) is 5.56 Å². The number of esters is 1. The Hall–Kier alpha value is -3.55. The van der Waals surface area contributed by atoms with E-state index >= 15 is 0 Å². The molecule has 1 aliphatic heterocycles. The van der Waals surface area contributed by atoms with Crippen LogP contribution in [-0.4, -0.2) is 57.2 Å². The molecule has 0 bridgehead atoms. The molecule has 1 aliphatic rings. The highest BCUT2D eigenvalue weighted by atomic mass is 127. The molecule has 3 rings (SSSR count). The van der Waals surface area contributed by atoms with Crippen LogP contribution in [0, 0.1) is 3.57 Å². The van der Waals surface area contributed by atoms with Crippen molar-refractivity contribution in [2.45, 2.75) is 13.8 Å². The zero-order valence-corrected chi connectivity index (χ0v) is 21.2. The number of rotatable bonds is 11. The van der Waals surface area contributed by atoms with Crippen molar-refractivity contribution in [1.82, 2.24) is 10.7 Å². The number of nitrogens with one attached hydrogen (secondary N) is 2. The number of carbonyl (C=O) groups excluding carboxylic acids is 3. The van der Waals surface area contributed by atoms with E-state index in [1.165, 1.54) is 6.21 Å². The Labute approximate surface area is 215 Å². The SMILES string of the molecule is CCOC(=O)COc1c(I)cc(/C=N/NC(=O)CNC(=O)c2ccc3c(c2)OCO3)cc1OCC. The number of hydrogen-bond donors (Lipinski definition) is 2. The molecule has 1 heterocycles. The number of ether oxygens (including phenoxy) is 5. The number of carbonyl (C=O) groups is 3. The van der Waals surface area contributed by atoms with Crippen molar-refractivity contribution in [2.24, 2.45) is 5.10 Å². The Morgan fingerprint density at radius 1 is 1.09 bits per heavy atom. The van der Waals surface area contributed by atoms with Gasteiger partial charge in [0.1, 0.15) is 0 Å². The first kappa shape index (κ1) is 26.1. The summed E-state index contributed by atoms with van der Waals surface area (Å²) in [4.78, 5) is 35.9. The molecule has 0 aliphatic carbocycles. The second-order valence-corrected chi connectivity index (χ2v) is 8.06. The van der Waals surface area contributed by atoms with Crippen LogP contribution in [0.2, 0.25) is 0 Å². The van der Waals surface area contributed by atoms with Crippen molar-refractivity contribution >= 4 is 46.6 Å². The summed E-state index contributed by atoms with van der Waals surface area (Å²) in [6.45, 7) is 3.77. The Balaban J connectivity index is 1.54. The molecule has 2 aromatic rings. The Kier molecular flexibility index (Phi) is 9.52. The number of nitrogens with zero attached hydrogens (tertiary/aromatic N) is 1. The van der Waals surface area contributed by atoms with E-state index in [2.05, 4.69) is 38.4 Å². The van der Waals surface area contributed by atoms with Crippen LogP contribution in [0.3, 0.4) is 0 Å². The van der Waals surface area contributed by atoms with Gasteiger partial charge in [0.25, 0.3) is 11.8 Å². The monoisotopic (exact) mass is 597 g/mol. The Bertz CT molecular complexity index is 1120. The van der Waals surface area contributed by atoms with E-state index < -0.39 is 17.8 Å². The van der Waals surface area contributed by atoms with Crippen LogP contribution < -0.4 is 29.7 Å². The van der Waals surface area contributed by atoms with Crippen LogP contribution >= 0.6 is 22.6 Å². The lowest BCUT2D eigenvalue weighted by Gasteiger charge is -2.14. The Morgan fingerprint density at radius 3 is 2.66 bits per heavy atom. The maximum atomic E-state index is 12.3. The van der Waals surface area contributed by atoms with Crippen molar-refractivity contribution in [3.05, 3.63) is 45.0 Å². The summed E-state index contributed by atoms with van der Waals surface area (Å²) in [7, 11) is 0. The fourth-order valence-corrected chi connectivity index (χ4v) is 3.70. The normalized spacial score (nSPS) is 11.7. The summed E-state index contributed by atoms with van der Waals surface area (Å²) in [5.41, 5.74) is 3.33. The zero-order valence-electron chi connectivity index (χ0n) is 19.1. The molecule has 0 spiro atoms. The fourth-order valence-electron chi connectivity index (χ4n) is 2.92. The highest BCUT2D eigenvalue weighted by molar-refractivity contribution is 14.1. The van der Waals surface area contributed by atoms with Gasteiger partial charge >= 0.3 is 5.97 Å². The second-order valence-electron chi connectivity index (χ2n) is 6.90. The molecule has 0 atom stereocenters. The van der Waals surface area contributed by atoms with Crippen LogP contribution in [0.15, 0.2) is 35.4 Å². The lowest BCUT2D eigenvalue weighted by Crippen LogP contribution is -2.34. The Morgan fingerprint density at radius 2 is 1.89 bits per heavy atom.